The molecule has 0 saturated heterocycles. The number of hydrogen-bond donors (Lipinski definition) is 1. The number of nitrogens with one attached hydrogen (secondary N) is 1. The summed E-state index contributed by atoms with van der Waals surface area (Å²) in [7, 11) is 0. The lowest BCUT2D eigenvalue weighted by Crippen LogP contribution is -2.25. The normalized spacial score (nSPS) is 12.9. The Morgan fingerprint density at radius 1 is 1.25 bits per heavy atom. The van der Waals surface area contributed by atoms with Gasteiger partial charge in [0, 0.05) is 22.9 Å². The standard InChI is InChI=1S/C18H17ClN2O3/c1-2-21-16-8-5-14(9-12(16)10-18(21)23)20-17(22)11-24-15-6-3-13(19)4-7-15/h3-9H,2,10-11H2,1H3,(H,20,22). The summed E-state index contributed by atoms with van der Waals surface area (Å²) in [5.41, 5.74) is 2.50. The van der Waals surface area contributed by atoms with Crippen LogP contribution >= 0.6 is 11.6 Å². The average molecular weight is 345 g/mol. The molecule has 0 radical (unpaired) electrons. The third kappa shape index (κ3) is 3.51. The highest BCUT2D eigenvalue weighted by Crippen LogP contribution is 2.30. The topological polar surface area (TPSA) is 58.6 Å². The Labute approximate surface area is 145 Å². The first-order chi connectivity index (χ1) is 11.6. The minimum absolute atomic E-state index is 0.0852. The van der Waals surface area contributed by atoms with Crippen LogP contribution in [0.3, 0.4) is 0 Å². The lowest BCUT2D eigenvalue weighted by molar-refractivity contribution is -0.118. The first kappa shape index (κ1) is 16.3. The van der Waals surface area contributed by atoms with Crippen molar-refractivity contribution in [2.24, 2.45) is 0 Å². The fourth-order valence-corrected chi connectivity index (χ4v) is 2.81. The Morgan fingerprint density at radius 2 is 2.00 bits per heavy atom. The smallest absolute Gasteiger partial charge is 0.262 e. The molecule has 124 valence electrons. The van der Waals surface area contributed by atoms with Gasteiger partial charge >= 0.3 is 0 Å². The van der Waals surface area contributed by atoms with Crippen molar-refractivity contribution >= 4 is 34.8 Å². The lowest BCUT2D eigenvalue weighted by Gasteiger charge is -2.15. The van der Waals surface area contributed by atoms with Crippen LogP contribution in [-0.2, 0) is 16.0 Å². The van der Waals surface area contributed by atoms with Gasteiger partial charge in [0.2, 0.25) is 5.91 Å². The van der Waals surface area contributed by atoms with Gasteiger partial charge in [-0.2, -0.15) is 0 Å². The Hall–Kier alpha value is -2.53. The van der Waals surface area contributed by atoms with E-state index in [0.717, 1.165) is 11.3 Å². The summed E-state index contributed by atoms with van der Waals surface area (Å²) in [5.74, 6) is 0.399. The number of fused-ring (bicyclic) bond motifs is 1. The number of anilines is 2. The van der Waals surface area contributed by atoms with Crippen LogP contribution in [0.25, 0.3) is 0 Å². The molecule has 3 rings (SSSR count). The molecular formula is C18H17ClN2O3. The van der Waals surface area contributed by atoms with Gasteiger partial charge in [-0.3, -0.25) is 9.59 Å². The second kappa shape index (κ2) is 6.93. The number of carbonyl (C=O) groups excluding carboxylic acids is 2. The molecule has 0 unspecified atom stereocenters. The van der Waals surface area contributed by atoms with Crippen LogP contribution in [0.4, 0.5) is 11.4 Å². The Bertz CT molecular complexity index is 774. The molecule has 0 bridgehead atoms. The summed E-state index contributed by atoms with van der Waals surface area (Å²) in [5, 5.41) is 3.39. The monoisotopic (exact) mass is 344 g/mol. The second-order valence-corrected chi connectivity index (χ2v) is 5.89. The van der Waals surface area contributed by atoms with Gasteiger partial charge in [-0.1, -0.05) is 11.6 Å². The van der Waals surface area contributed by atoms with Gasteiger partial charge in [0.15, 0.2) is 6.61 Å². The summed E-state index contributed by atoms with van der Waals surface area (Å²) < 4.78 is 5.41. The maximum atomic E-state index is 12.0. The molecular weight excluding hydrogens is 328 g/mol. The fourth-order valence-electron chi connectivity index (χ4n) is 2.68. The number of benzene rings is 2. The quantitative estimate of drug-likeness (QED) is 0.905. The van der Waals surface area contributed by atoms with Gasteiger partial charge in [0.1, 0.15) is 5.75 Å². The maximum absolute atomic E-state index is 12.0. The van der Waals surface area contributed by atoms with Crippen molar-refractivity contribution in [2.75, 3.05) is 23.4 Å². The molecule has 0 aromatic heterocycles. The van der Waals surface area contributed by atoms with Crippen molar-refractivity contribution in [3.63, 3.8) is 0 Å². The van der Waals surface area contributed by atoms with Crippen LogP contribution in [0.2, 0.25) is 5.02 Å². The van der Waals surface area contributed by atoms with Crippen molar-refractivity contribution in [1.29, 1.82) is 0 Å². The SMILES string of the molecule is CCN1C(=O)Cc2cc(NC(=O)COc3ccc(Cl)cc3)ccc21. The van der Waals surface area contributed by atoms with E-state index in [4.69, 9.17) is 16.3 Å². The van der Waals surface area contributed by atoms with Crippen molar-refractivity contribution in [3.8, 4) is 5.75 Å². The van der Waals surface area contributed by atoms with Crippen molar-refractivity contribution in [2.45, 2.75) is 13.3 Å². The summed E-state index contributed by atoms with van der Waals surface area (Å²) in [6, 6.07) is 12.3. The van der Waals surface area contributed by atoms with E-state index in [0.29, 0.717) is 29.4 Å². The first-order valence-electron chi connectivity index (χ1n) is 7.68. The summed E-state index contributed by atoms with van der Waals surface area (Å²) in [4.78, 5) is 25.6. The first-order valence-corrected chi connectivity index (χ1v) is 8.06. The van der Waals surface area contributed by atoms with E-state index >= 15 is 0 Å². The van der Waals surface area contributed by atoms with Gasteiger partial charge in [0.25, 0.3) is 5.91 Å². The van der Waals surface area contributed by atoms with E-state index < -0.39 is 0 Å². The number of rotatable bonds is 5. The third-order valence-electron chi connectivity index (χ3n) is 3.80. The number of nitrogens with zero attached hydrogens (tertiary/aromatic N) is 1. The number of amides is 2. The van der Waals surface area contributed by atoms with Gasteiger partial charge in [0.05, 0.1) is 6.42 Å². The molecule has 2 amide bonds. The summed E-state index contributed by atoms with van der Waals surface area (Å²) >= 11 is 5.80. The zero-order valence-electron chi connectivity index (χ0n) is 13.2. The van der Waals surface area contributed by atoms with E-state index in [9.17, 15) is 9.59 Å². The van der Waals surface area contributed by atoms with E-state index in [1.807, 2.05) is 19.1 Å². The molecule has 2 aromatic rings. The average Bonchev–Trinajstić information content (AvgIpc) is 2.88. The lowest BCUT2D eigenvalue weighted by atomic mass is 10.1. The molecule has 24 heavy (non-hydrogen) atoms. The predicted molar refractivity (Wildman–Crippen MR) is 93.7 cm³/mol. The van der Waals surface area contributed by atoms with Crippen LogP contribution in [-0.4, -0.2) is 25.0 Å². The minimum atomic E-state index is -0.262. The van der Waals surface area contributed by atoms with Crippen LogP contribution in [0.5, 0.6) is 5.75 Å². The van der Waals surface area contributed by atoms with Gasteiger partial charge in [-0.25, -0.2) is 0 Å². The highest BCUT2D eigenvalue weighted by atomic mass is 35.5. The van der Waals surface area contributed by atoms with E-state index in [-0.39, 0.29) is 18.4 Å². The summed E-state index contributed by atoms with van der Waals surface area (Å²) in [6.45, 7) is 2.49. The molecule has 0 atom stereocenters. The van der Waals surface area contributed by atoms with Crippen molar-refractivity contribution in [1.82, 2.24) is 0 Å². The van der Waals surface area contributed by atoms with Crippen LogP contribution in [0.1, 0.15) is 12.5 Å². The van der Waals surface area contributed by atoms with Crippen molar-refractivity contribution < 1.29 is 14.3 Å². The zero-order chi connectivity index (χ0) is 17.1. The van der Waals surface area contributed by atoms with Crippen LogP contribution in [0.15, 0.2) is 42.5 Å². The molecule has 5 nitrogen and oxygen atoms in total. The number of ether oxygens (including phenoxy) is 1. The second-order valence-electron chi connectivity index (χ2n) is 5.45. The minimum Gasteiger partial charge on any atom is -0.484 e. The van der Waals surface area contributed by atoms with E-state index in [1.165, 1.54) is 0 Å². The molecule has 0 saturated carbocycles. The fraction of sp³-hybridized carbons (Fsp3) is 0.222. The highest BCUT2D eigenvalue weighted by molar-refractivity contribution is 6.30. The molecule has 1 aliphatic heterocycles. The van der Waals surface area contributed by atoms with Gasteiger partial charge in [-0.05, 0) is 55.0 Å². The Morgan fingerprint density at radius 3 is 2.71 bits per heavy atom. The Balaban J connectivity index is 1.60. The molecule has 1 aliphatic rings. The van der Waals surface area contributed by atoms with Crippen LogP contribution in [0, 0.1) is 0 Å². The van der Waals surface area contributed by atoms with Gasteiger partial charge < -0.3 is 15.0 Å². The summed E-state index contributed by atoms with van der Waals surface area (Å²) in [6.07, 6.45) is 0.369. The third-order valence-corrected chi connectivity index (χ3v) is 4.05. The largest absolute Gasteiger partial charge is 0.484 e. The molecule has 0 spiro atoms. The number of hydrogen-bond acceptors (Lipinski definition) is 3. The van der Waals surface area contributed by atoms with E-state index in [2.05, 4.69) is 5.32 Å². The molecule has 6 heteroatoms. The zero-order valence-corrected chi connectivity index (χ0v) is 14.0. The number of halogens is 1. The van der Waals surface area contributed by atoms with Gasteiger partial charge in [-0.15, -0.1) is 0 Å². The highest BCUT2D eigenvalue weighted by Gasteiger charge is 2.25. The molecule has 0 fully saturated rings. The molecule has 1 N–H and O–H groups in total. The van der Waals surface area contributed by atoms with Crippen LogP contribution < -0.4 is 15.0 Å². The number of carbonyl (C=O) groups is 2. The molecule has 2 aromatic carbocycles. The number of likely N-dealkylation sites (N-methyl/N-ethyl adjacent to an activating group) is 1. The maximum Gasteiger partial charge on any atom is 0.262 e. The van der Waals surface area contributed by atoms with E-state index in [1.54, 1.807) is 35.2 Å². The van der Waals surface area contributed by atoms with Crippen molar-refractivity contribution in [3.05, 3.63) is 53.1 Å². The molecule has 1 heterocycles. The molecule has 0 aliphatic carbocycles. The predicted octanol–water partition coefficient (Wildman–Crippen LogP) is 3.27. The Kier molecular flexibility index (Phi) is 4.71.